The van der Waals surface area contributed by atoms with Gasteiger partial charge in [0.25, 0.3) is 0 Å². The molecule has 0 spiro atoms. The van der Waals surface area contributed by atoms with Crippen LogP contribution in [0.5, 0.6) is 0 Å². The van der Waals surface area contributed by atoms with Gasteiger partial charge in [0, 0.05) is 5.69 Å². The van der Waals surface area contributed by atoms with Gasteiger partial charge in [0.05, 0.1) is 4.88 Å². The number of nitrogens with one attached hydrogen (secondary N) is 1. The smallest absolute Gasteiger partial charge is 0.232 e. The molecular formula is C14H13N5S. The summed E-state index contributed by atoms with van der Waals surface area (Å²) in [5, 5.41) is 5.11. The number of anilines is 3. The first kappa shape index (κ1) is 12.6. The Kier molecular flexibility index (Phi) is 3.30. The second-order valence-electron chi connectivity index (χ2n) is 4.31. The minimum atomic E-state index is 0.206. The van der Waals surface area contributed by atoms with E-state index in [1.165, 1.54) is 5.56 Å². The minimum absolute atomic E-state index is 0.206. The summed E-state index contributed by atoms with van der Waals surface area (Å²) >= 11 is 1.57. The van der Waals surface area contributed by atoms with Crippen LogP contribution in [0, 0.1) is 6.92 Å². The normalized spacial score (nSPS) is 10.4. The molecule has 0 fully saturated rings. The lowest BCUT2D eigenvalue weighted by atomic mass is 10.2. The van der Waals surface area contributed by atoms with E-state index in [2.05, 4.69) is 20.3 Å². The molecule has 0 bridgehead atoms. The van der Waals surface area contributed by atoms with Crippen LogP contribution in [0.1, 0.15) is 5.56 Å². The number of hydrogen-bond acceptors (Lipinski definition) is 6. The highest BCUT2D eigenvalue weighted by molar-refractivity contribution is 7.13. The molecular weight excluding hydrogens is 270 g/mol. The highest BCUT2D eigenvalue weighted by Crippen LogP contribution is 2.23. The Morgan fingerprint density at radius 1 is 1.05 bits per heavy atom. The molecule has 0 saturated heterocycles. The summed E-state index contributed by atoms with van der Waals surface area (Å²) in [6.07, 6.45) is 0. The summed E-state index contributed by atoms with van der Waals surface area (Å²) in [5.74, 6) is 1.24. The first-order valence-corrected chi connectivity index (χ1v) is 6.98. The summed E-state index contributed by atoms with van der Waals surface area (Å²) in [5.41, 5.74) is 7.86. The van der Waals surface area contributed by atoms with E-state index < -0.39 is 0 Å². The number of rotatable bonds is 3. The van der Waals surface area contributed by atoms with Crippen LogP contribution in [-0.2, 0) is 0 Å². The molecule has 3 aromatic rings. The largest absolute Gasteiger partial charge is 0.368 e. The van der Waals surface area contributed by atoms with Crippen molar-refractivity contribution in [2.75, 3.05) is 11.1 Å². The molecule has 2 heterocycles. The molecule has 0 aliphatic carbocycles. The zero-order valence-corrected chi connectivity index (χ0v) is 11.7. The third kappa shape index (κ3) is 2.75. The Morgan fingerprint density at radius 2 is 1.85 bits per heavy atom. The van der Waals surface area contributed by atoms with E-state index in [4.69, 9.17) is 5.73 Å². The van der Waals surface area contributed by atoms with Gasteiger partial charge < -0.3 is 11.1 Å². The van der Waals surface area contributed by atoms with E-state index in [9.17, 15) is 0 Å². The van der Waals surface area contributed by atoms with E-state index in [-0.39, 0.29) is 5.95 Å². The van der Waals surface area contributed by atoms with E-state index in [0.717, 1.165) is 10.6 Å². The molecule has 6 heteroatoms. The molecule has 0 amide bonds. The molecule has 2 aromatic heterocycles. The van der Waals surface area contributed by atoms with Crippen LogP contribution >= 0.6 is 11.3 Å². The van der Waals surface area contributed by atoms with Crippen LogP contribution in [0.2, 0.25) is 0 Å². The van der Waals surface area contributed by atoms with Crippen molar-refractivity contribution in [3.8, 4) is 10.7 Å². The zero-order valence-electron chi connectivity index (χ0n) is 10.9. The Morgan fingerprint density at radius 3 is 2.55 bits per heavy atom. The lowest BCUT2D eigenvalue weighted by Gasteiger charge is -2.06. The number of aromatic nitrogens is 3. The lowest BCUT2D eigenvalue weighted by molar-refractivity contribution is 1.08. The van der Waals surface area contributed by atoms with Crippen LogP contribution in [-0.4, -0.2) is 15.0 Å². The van der Waals surface area contributed by atoms with Gasteiger partial charge in [0.15, 0.2) is 5.82 Å². The van der Waals surface area contributed by atoms with Crippen LogP contribution in [0.4, 0.5) is 17.6 Å². The molecule has 0 atom stereocenters. The second kappa shape index (κ2) is 5.26. The molecule has 1 aromatic carbocycles. The van der Waals surface area contributed by atoms with E-state index in [1.807, 2.05) is 48.7 Å². The number of nitrogens with two attached hydrogens (primary N) is 1. The second-order valence-corrected chi connectivity index (χ2v) is 5.26. The van der Waals surface area contributed by atoms with Gasteiger partial charge in [-0.3, -0.25) is 0 Å². The van der Waals surface area contributed by atoms with Crippen LogP contribution < -0.4 is 11.1 Å². The van der Waals surface area contributed by atoms with Crippen molar-refractivity contribution >= 4 is 28.9 Å². The topological polar surface area (TPSA) is 76.7 Å². The first-order chi connectivity index (χ1) is 9.70. The number of benzene rings is 1. The third-order valence-electron chi connectivity index (χ3n) is 2.70. The Hall–Kier alpha value is -2.47. The first-order valence-electron chi connectivity index (χ1n) is 6.10. The Bertz CT molecular complexity index is 707. The maximum atomic E-state index is 5.75. The summed E-state index contributed by atoms with van der Waals surface area (Å²) in [6.45, 7) is 2.04. The van der Waals surface area contributed by atoms with Crippen molar-refractivity contribution < 1.29 is 0 Å². The van der Waals surface area contributed by atoms with Gasteiger partial charge in [-0.2, -0.15) is 15.0 Å². The number of nitrogen functional groups attached to an aromatic ring is 1. The van der Waals surface area contributed by atoms with E-state index >= 15 is 0 Å². The maximum Gasteiger partial charge on any atom is 0.232 e. The van der Waals surface area contributed by atoms with Crippen LogP contribution in [0.3, 0.4) is 0 Å². The average molecular weight is 283 g/mol. The Labute approximate surface area is 120 Å². The van der Waals surface area contributed by atoms with Crippen molar-refractivity contribution in [1.29, 1.82) is 0 Å². The molecule has 5 nitrogen and oxygen atoms in total. The van der Waals surface area contributed by atoms with E-state index in [1.54, 1.807) is 11.3 Å². The van der Waals surface area contributed by atoms with Crippen LogP contribution in [0.25, 0.3) is 10.7 Å². The summed E-state index contributed by atoms with van der Waals surface area (Å²) < 4.78 is 0. The molecule has 3 N–H and O–H groups in total. The predicted molar refractivity (Wildman–Crippen MR) is 82.0 cm³/mol. The van der Waals surface area contributed by atoms with E-state index in [0.29, 0.717) is 11.8 Å². The van der Waals surface area contributed by atoms with Crippen LogP contribution in [0.15, 0.2) is 41.8 Å². The zero-order chi connectivity index (χ0) is 13.9. The minimum Gasteiger partial charge on any atom is -0.368 e. The molecule has 0 radical (unpaired) electrons. The van der Waals surface area contributed by atoms with Crippen molar-refractivity contribution in [3.63, 3.8) is 0 Å². The highest BCUT2D eigenvalue weighted by Gasteiger charge is 2.07. The van der Waals surface area contributed by atoms with Gasteiger partial charge in [-0.1, -0.05) is 23.8 Å². The average Bonchev–Trinajstić information content (AvgIpc) is 2.95. The van der Waals surface area contributed by atoms with Gasteiger partial charge in [-0.25, -0.2) is 0 Å². The number of aryl methyl sites for hydroxylation is 1. The van der Waals surface area contributed by atoms with Gasteiger partial charge in [0.1, 0.15) is 0 Å². The quantitative estimate of drug-likeness (QED) is 0.771. The lowest BCUT2D eigenvalue weighted by Crippen LogP contribution is -2.04. The Balaban J connectivity index is 1.92. The molecule has 0 saturated carbocycles. The maximum absolute atomic E-state index is 5.75. The molecule has 0 aliphatic rings. The number of hydrogen-bond donors (Lipinski definition) is 2. The van der Waals surface area contributed by atoms with Gasteiger partial charge in [0.2, 0.25) is 11.9 Å². The molecule has 0 unspecified atom stereocenters. The summed E-state index contributed by atoms with van der Waals surface area (Å²) in [6, 6.07) is 11.9. The molecule has 0 aliphatic heterocycles. The van der Waals surface area contributed by atoms with Gasteiger partial charge in [-0.05, 0) is 30.5 Å². The highest BCUT2D eigenvalue weighted by atomic mass is 32.1. The van der Waals surface area contributed by atoms with Crippen molar-refractivity contribution in [2.24, 2.45) is 0 Å². The summed E-state index contributed by atoms with van der Waals surface area (Å²) in [7, 11) is 0. The summed E-state index contributed by atoms with van der Waals surface area (Å²) in [4.78, 5) is 13.6. The standard InChI is InChI=1S/C14H13N5S/c1-9-4-6-10(7-5-9)16-14-18-12(17-13(15)19-14)11-3-2-8-20-11/h2-8H,1H3,(H3,15,16,17,18,19). The van der Waals surface area contributed by atoms with Crippen molar-refractivity contribution in [1.82, 2.24) is 15.0 Å². The van der Waals surface area contributed by atoms with Gasteiger partial charge in [-0.15, -0.1) is 11.3 Å². The number of nitrogens with zero attached hydrogens (tertiary/aromatic N) is 3. The molecule has 3 rings (SSSR count). The fourth-order valence-corrected chi connectivity index (χ4v) is 2.39. The SMILES string of the molecule is Cc1ccc(Nc2nc(N)nc(-c3cccs3)n2)cc1. The van der Waals surface area contributed by atoms with Crippen molar-refractivity contribution in [2.45, 2.75) is 6.92 Å². The van der Waals surface area contributed by atoms with Crippen molar-refractivity contribution in [3.05, 3.63) is 47.3 Å². The monoisotopic (exact) mass is 283 g/mol. The fourth-order valence-electron chi connectivity index (χ4n) is 1.73. The number of thiophene rings is 1. The molecule has 20 heavy (non-hydrogen) atoms. The predicted octanol–water partition coefficient (Wildman–Crippen LogP) is 3.23. The third-order valence-corrected chi connectivity index (χ3v) is 3.57. The fraction of sp³-hybridized carbons (Fsp3) is 0.0714. The van der Waals surface area contributed by atoms with Gasteiger partial charge >= 0.3 is 0 Å². The molecule has 100 valence electrons.